The van der Waals surface area contributed by atoms with Gasteiger partial charge in [-0.1, -0.05) is 20.8 Å². The first kappa shape index (κ1) is 18.1. The van der Waals surface area contributed by atoms with Gasteiger partial charge in [0.25, 0.3) is 0 Å². The standard InChI is InChI=1S/C18H33N5S/c1-14-6-7-15(2)23(14)13-10-21-8-11-22(12-9-21)17-19-16(20-24-17)18(3,4)5/h14-15H,6-13H2,1-5H3. The van der Waals surface area contributed by atoms with Crippen molar-refractivity contribution in [3.8, 4) is 0 Å². The zero-order valence-corrected chi connectivity index (χ0v) is 16.8. The molecule has 1 aromatic heterocycles. The van der Waals surface area contributed by atoms with Crippen molar-refractivity contribution in [2.24, 2.45) is 0 Å². The molecule has 0 aromatic carbocycles. The second kappa shape index (κ2) is 7.26. The first-order chi connectivity index (χ1) is 11.3. The van der Waals surface area contributed by atoms with Crippen LogP contribution >= 0.6 is 11.5 Å². The molecule has 3 rings (SSSR count). The number of likely N-dealkylation sites (tertiary alicyclic amines) is 1. The number of anilines is 1. The van der Waals surface area contributed by atoms with Crippen molar-refractivity contribution in [1.82, 2.24) is 19.2 Å². The van der Waals surface area contributed by atoms with Gasteiger partial charge in [-0.15, -0.1) is 0 Å². The SMILES string of the molecule is CC1CCC(C)N1CCN1CCN(c2nc(C(C)(C)C)ns2)CC1. The van der Waals surface area contributed by atoms with E-state index in [-0.39, 0.29) is 5.41 Å². The maximum atomic E-state index is 4.77. The number of piperazine rings is 1. The summed E-state index contributed by atoms with van der Waals surface area (Å²) in [7, 11) is 0. The molecule has 6 heteroatoms. The molecule has 2 aliphatic rings. The van der Waals surface area contributed by atoms with Crippen molar-refractivity contribution in [1.29, 1.82) is 0 Å². The van der Waals surface area contributed by atoms with Crippen LogP contribution in [0.2, 0.25) is 0 Å². The predicted molar refractivity (Wildman–Crippen MR) is 102 cm³/mol. The smallest absolute Gasteiger partial charge is 0.205 e. The maximum Gasteiger partial charge on any atom is 0.205 e. The van der Waals surface area contributed by atoms with Crippen LogP contribution in [0.1, 0.15) is 53.3 Å². The van der Waals surface area contributed by atoms with Gasteiger partial charge in [-0.2, -0.15) is 4.37 Å². The van der Waals surface area contributed by atoms with E-state index in [0.717, 1.165) is 49.2 Å². The van der Waals surface area contributed by atoms with Gasteiger partial charge in [0.15, 0.2) is 0 Å². The lowest BCUT2D eigenvalue weighted by Gasteiger charge is -2.36. The van der Waals surface area contributed by atoms with Crippen LogP contribution in [0, 0.1) is 0 Å². The Kier molecular flexibility index (Phi) is 5.47. The number of hydrogen-bond acceptors (Lipinski definition) is 6. The zero-order chi connectivity index (χ0) is 17.3. The van der Waals surface area contributed by atoms with E-state index in [2.05, 4.69) is 53.7 Å². The second-order valence-corrected chi connectivity index (χ2v) is 9.22. The zero-order valence-electron chi connectivity index (χ0n) is 16.0. The van der Waals surface area contributed by atoms with Crippen LogP contribution in [0.4, 0.5) is 5.13 Å². The Labute approximate surface area is 151 Å². The highest BCUT2D eigenvalue weighted by Gasteiger charge is 2.28. The molecule has 2 saturated heterocycles. The molecule has 1 aromatic rings. The third-order valence-corrected chi connectivity index (χ3v) is 6.31. The highest BCUT2D eigenvalue weighted by Crippen LogP contribution is 2.26. The Morgan fingerprint density at radius 3 is 2.17 bits per heavy atom. The van der Waals surface area contributed by atoms with Gasteiger partial charge in [0, 0.05) is 68.3 Å². The molecule has 2 atom stereocenters. The number of rotatable bonds is 4. The van der Waals surface area contributed by atoms with Crippen LogP contribution in [-0.4, -0.2) is 70.5 Å². The van der Waals surface area contributed by atoms with Crippen LogP contribution in [0.15, 0.2) is 0 Å². The lowest BCUT2D eigenvalue weighted by atomic mass is 9.96. The molecule has 0 spiro atoms. The first-order valence-corrected chi connectivity index (χ1v) is 10.2. The lowest BCUT2D eigenvalue weighted by molar-refractivity contribution is 0.165. The molecule has 0 aliphatic carbocycles. The van der Waals surface area contributed by atoms with Crippen LogP contribution in [0.25, 0.3) is 0 Å². The molecule has 0 radical (unpaired) electrons. The number of hydrogen-bond donors (Lipinski definition) is 0. The molecule has 2 unspecified atom stereocenters. The molecule has 0 bridgehead atoms. The normalized spacial score (nSPS) is 27.1. The van der Waals surface area contributed by atoms with E-state index in [9.17, 15) is 0 Å². The summed E-state index contributed by atoms with van der Waals surface area (Å²) in [5.74, 6) is 0.974. The van der Waals surface area contributed by atoms with Gasteiger partial charge in [0.2, 0.25) is 5.13 Å². The van der Waals surface area contributed by atoms with Crippen molar-refractivity contribution >= 4 is 16.7 Å². The molecule has 0 N–H and O–H groups in total. The van der Waals surface area contributed by atoms with Crippen LogP contribution < -0.4 is 4.90 Å². The van der Waals surface area contributed by atoms with Gasteiger partial charge in [-0.05, 0) is 26.7 Å². The molecular weight excluding hydrogens is 318 g/mol. The second-order valence-electron chi connectivity index (χ2n) is 8.49. The highest BCUT2D eigenvalue weighted by molar-refractivity contribution is 7.09. The largest absolute Gasteiger partial charge is 0.344 e. The minimum atomic E-state index is 0.0414. The lowest BCUT2D eigenvalue weighted by Crippen LogP contribution is -2.49. The van der Waals surface area contributed by atoms with Crippen molar-refractivity contribution in [2.75, 3.05) is 44.2 Å². The molecule has 0 amide bonds. The maximum absolute atomic E-state index is 4.77. The van der Waals surface area contributed by atoms with Gasteiger partial charge in [-0.3, -0.25) is 9.80 Å². The summed E-state index contributed by atoms with van der Waals surface area (Å²) in [6.07, 6.45) is 2.73. The molecule has 136 valence electrons. The number of nitrogens with zero attached hydrogens (tertiary/aromatic N) is 5. The summed E-state index contributed by atoms with van der Waals surface area (Å²) in [6, 6.07) is 1.53. The average molecular weight is 352 g/mol. The van der Waals surface area contributed by atoms with E-state index in [1.807, 2.05) is 0 Å². The highest BCUT2D eigenvalue weighted by atomic mass is 32.1. The Hall–Kier alpha value is -0.720. The monoisotopic (exact) mass is 351 g/mol. The summed E-state index contributed by atoms with van der Waals surface area (Å²) in [5, 5.41) is 1.10. The van der Waals surface area contributed by atoms with E-state index in [4.69, 9.17) is 4.98 Å². The minimum Gasteiger partial charge on any atom is -0.344 e. The van der Waals surface area contributed by atoms with Gasteiger partial charge in [-0.25, -0.2) is 4.98 Å². The third kappa shape index (κ3) is 4.09. The van der Waals surface area contributed by atoms with E-state index in [1.54, 1.807) is 11.5 Å². The molecule has 24 heavy (non-hydrogen) atoms. The van der Waals surface area contributed by atoms with Crippen LogP contribution in [0.5, 0.6) is 0 Å². The van der Waals surface area contributed by atoms with Crippen molar-refractivity contribution in [3.63, 3.8) is 0 Å². The van der Waals surface area contributed by atoms with Crippen LogP contribution in [0.3, 0.4) is 0 Å². The Morgan fingerprint density at radius 1 is 1.00 bits per heavy atom. The average Bonchev–Trinajstić information content (AvgIpc) is 3.14. The molecule has 2 fully saturated rings. The summed E-state index contributed by atoms with van der Waals surface area (Å²) in [6.45, 7) is 18.1. The van der Waals surface area contributed by atoms with Gasteiger partial charge in [0.05, 0.1) is 0 Å². The molecule has 3 heterocycles. The Balaban J connectivity index is 1.46. The van der Waals surface area contributed by atoms with Gasteiger partial charge < -0.3 is 4.90 Å². The third-order valence-electron chi connectivity index (χ3n) is 5.54. The first-order valence-electron chi connectivity index (χ1n) is 9.42. The Morgan fingerprint density at radius 2 is 1.62 bits per heavy atom. The van der Waals surface area contributed by atoms with E-state index < -0.39 is 0 Å². The number of aromatic nitrogens is 2. The molecular formula is C18H33N5S. The fourth-order valence-corrected chi connectivity index (χ4v) is 4.67. The van der Waals surface area contributed by atoms with Crippen LogP contribution in [-0.2, 0) is 5.41 Å². The Bertz CT molecular complexity index is 520. The fraction of sp³-hybridized carbons (Fsp3) is 0.889. The fourth-order valence-electron chi connectivity index (χ4n) is 3.76. The summed E-state index contributed by atoms with van der Waals surface area (Å²) < 4.78 is 4.56. The molecule has 0 saturated carbocycles. The minimum absolute atomic E-state index is 0.0414. The van der Waals surface area contributed by atoms with Crippen molar-refractivity contribution in [2.45, 2.75) is 65.0 Å². The van der Waals surface area contributed by atoms with E-state index >= 15 is 0 Å². The quantitative estimate of drug-likeness (QED) is 0.833. The summed E-state index contributed by atoms with van der Waals surface area (Å²) in [4.78, 5) is 12.5. The van der Waals surface area contributed by atoms with Crippen molar-refractivity contribution < 1.29 is 0 Å². The summed E-state index contributed by atoms with van der Waals surface area (Å²) in [5.41, 5.74) is 0.0414. The summed E-state index contributed by atoms with van der Waals surface area (Å²) >= 11 is 1.56. The molecule has 2 aliphatic heterocycles. The molecule has 5 nitrogen and oxygen atoms in total. The van der Waals surface area contributed by atoms with Gasteiger partial charge in [0.1, 0.15) is 5.82 Å². The van der Waals surface area contributed by atoms with E-state index in [0.29, 0.717) is 0 Å². The predicted octanol–water partition coefficient (Wildman–Crippen LogP) is 2.83. The topological polar surface area (TPSA) is 35.5 Å². The van der Waals surface area contributed by atoms with E-state index in [1.165, 1.54) is 25.9 Å². The van der Waals surface area contributed by atoms with Gasteiger partial charge >= 0.3 is 0 Å². The van der Waals surface area contributed by atoms with Crippen molar-refractivity contribution in [3.05, 3.63) is 5.82 Å².